The van der Waals surface area contributed by atoms with E-state index in [0.29, 0.717) is 22.9 Å². The molecule has 0 saturated carbocycles. The Kier molecular flexibility index (Phi) is 5.00. The molecule has 0 radical (unpaired) electrons. The minimum Gasteiger partial charge on any atom is -0.423 e. The van der Waals surface area contributed by atoms with Crippen molar-refractivity contribution < 1.29 is 10.0 Å². The van der Waals surface area contributed by atoms with Crippen molar-refractivity contribution in [1.29, 1.82) is 0 Å². The van der Waals surface area contributed by atoms with E-state index in [-0.39, 0.29) is 0 Å². The summed E-state index contributed by atoms with van der Waals surface area (Å²) in [4.78, 5) is 14.3. The lowest BCUT2D eigenvalue weighted by Crippen LogP contribution is -2.30. The predicted molar refractivity (Wildman–Crippen MR) is 123 cm³/mol. The monoisotopic (exact) mass is 403 g/mol. The van der Waals surface area contributed by atoms with Crippen LogP contribution in [0.25, 0.3) is 44.9 Å². The Bertz CT molecular complexity index is 1300. The van der Waals surface area contributed by atoms with E-state index in [1.807, 2.05) is 91.0 Å². The average molecular weight is 403 g/mol. The normalized spacial score (nSPS) is 10.9. The second-order valence-corrected chi connectivity index (χ2v) is 7.16. The minimum atomic E-state index is -1.56. The Hall–Kier alpha value is -3.87. The van der Waals surface area contributed by atoms with Crippen LogP contribution in [0.15, 0.2) is 97.1 Å². The van der Waals surface area contributed by atoms with Crippen LogP contribution in [-0.2, 0) is 0 Å². The topological polar surface area (TPSA) is 79.1 Å². The van der Waals surface area contributed by atoms with Crippen LogP contribution in [0.2, 0.25) is 0 Å². The first-order valence-electron chi connectivity index (χ1n) is 9.96. The molecular weight excluding hydrogens is 385 g/mol. The number of benzene rings is 4. The number of aromatic nitrogens is 3. The van der Waals surface area contributed by atoms with E-state index in [1.165, 1.54) is 0 Å². The number of hydrogen-bond donors (Lipinski definition) is 2. The Labute approximate surface area is 179 Å². The van der Waals surface area contributed by atoms with Gasteiger partial charge in [-0.1, -0.05) is 97.1 Å². The number of fused-ring (bicyclic) bond motifs is 1. The van der Waals surface area contributed by atoms with E-state index in [2.05, 4.69) is 0 Å². The zero-order valence-corrected chi connectivity index (χ0v) is 16.6. The Morgan fingerprint density at radius 3 is 1.52 bits per heavy atom. The molecule has 2 N–H and O–H groups in total. The van der Waals surface area contributed by atoms with Crippen LogP contribution in [0, 0.1) is 0 Å². The molecule has 0 aliphatic carbocycles. The van der Waals surface area contributed by atoms with Gasteiger partial charge in [-0.3, -0.25) is 0 Å². The van der Waals surface area contributed by atoms with E-state index < -0.39 is 7.12 Å². The van der Waals surface area contributed by atoms with Crippen molar-refractivity contribution in [3.63, 3.8) is 0 Å². The maximum Gasteiger partial charge on any atom is 0.489 e. The number of rotatable bonds is 4. The molecule has 0 unspecified atom stereocenters. The number of hydrogen-bond acceptors (Lipinski definition) is 5. The highest BCUT2D eigenvalue weighted by atomic mass is 16.4. The SMILES string of the molecule is OB(O)c1ccc(-c2nc(-c3ccccc3)nc(-c3ccccc3)n2)c2ccccc12. The molecule has 5 rings (SSSR count). The van der Waals surface area contributed by atoms with Gasteiger partial charge in [0.2, 0.25) is 0 Å². The van der Waals surface area contributed by atoms with Gasteiger partial charge in [-0.05, 0) is 16.2 Å². The molecule has 0 aliphatic rings. The summed E-state index contributed by atoms with van der Waals surface area (Å²) in [5, 5.41) is 21.2. The van der Waals surface area contributed by atoms with E-state index in [1.54, 1.807) is 6.07 Å². The molecule has 0 spiro atoms. The second kappa shape index (κ2) is 8.10. The average Bonchev–Trinajstić information content (AvgIpc) is 2.84. The fourth-order valence-corrected chi connectivity index (χ4v) is 3.67. The van der Waals surface area contributed by atoms with Crippen molar-refractivity contribution in [3.8, 4) is 34.2 Å². The van der Waals surface area contributed by atoms with Crippen LogP contribution >= 0.6 is 0 Å². The van der Waals surface area contributed by atoms with Gasteiger partial charge in [0, 0.05) is 16.7 Å². The summed E-state index contributed by atoms with van der Waals surface area (Å²) in [7, 11) is -1.56. The maximum absolute atomic E-state index is 9.78. The lowest BCUT2D eigenvalue weighted by molar-refractivity contribution is 0.426. The Balaban J connectivity index is 1.78. The number of nitrogens with zero attached hydrogens (tertiary/aromatic N) is 3. The van der Waals surface area contributed by atoms with Crippen LogP contribution in [0.1, 0.15) is 0 Å². The largest absolute Gasteiger partial charge is 0.489 e. The highest BCUT2D eigenvalue weighted by Gasteiger charge is 2.19. The van der Waals surface area contributed by atoms with Gasteiger partial charge in [-0.2, -0.15) is 0 Å². The molecule has 0 aliphatic heterocycles. The standard InChI is InChI=1S/C25H18BN3O2/c30-26(31)22-16-15-21(19-13-7-8-14-20(19)22)25-28-23(17-9-3-1-4-10-17)27-24(29-25)18-11-5-2-6-12-18/h1-16,30-31H. The predicted octanol–water partition coefficient (Wildman–Crippen LogP) is 3.71. The van der Waals surface area contributed by atoms with Crippen molar-refractivity contribution >= 4 is 23.4 Å². The summed E-state index contributed by atoms with van der Waals surface area (Å²) in [6.07, 6.45) is 0. The molecule has 148 valence electrons. The first-order valence-corrected chi connectivity index (χ1v) is 9.96. The second-order valence-electron chi connectivity index (χ2n) is 7.16. The molecule has 0 fully saturated rings. The van der Waals surface area contributed by atoms with Gasteiger partial charge in [0.15, 0.2) is 17.5 Å². The maximum atomic E-state index is 9.78. The van der Waals surface area contributed by atoms with Crippen molar-refractivity contribution in [1.82, 2.24) is 15.0 Å². The fraction of sp³-hybridized carbons (Fsp3) is 0. The molecule has 0 bridgehead atoms. The highest BCUT2D eigenvalue weighted by Crippen LogP contribution is 2.29. The van der Waals surface area contributed by atoms with Gasteiger partial charge < -0.3 is 10.0 Å². The minimum absolute atomic E-state index is 0.444. The molecule has 1 heterocycles. The van der Waals surface area contributed by atoms with E-state index in [4.69, 9.17) is 15.0 Å². The van der Waals surface area contributed by atoms with Gasteiger partial charge in [0.05, 0.1) is 0 Å². The van der Waals surface area contributed by atoms with Crippen LogP contribution in [0.5, 0.6) is 0 Å². The first kappa shape index (κ1) is 19.1. The molecule has 0 amide bonds. The van der Waals surface area contributed by atoms with Gasteiger partial charge in [0.25, 0.3) is 0 Å². The third kappa shape index (κ3) is 3.70. The summed E-state index contributed by atoms with van der Waals surface area (Å²) >= 11 is 0. The van der Waals surface area contributed by atoms with Crippen LogP contribution in [0.4, 0.5) is 0 Å². The lowest BCUT2D eigenvalue weighted by Gasteiger charge is -2.12. The smallest absolute Gasteiger partial charge is 0.423 e. The molecule has 31 heavy (non-hydrogen) atoms. The summed E-state index contributed by atoms with van der Waals surface area (Å²) < 4.78 is 0. The van der Waals surface area contributed by atoms with Crippen molar-refractivity contribution in [2.24, 2.45) is 0 Å². The molecule has 0 atom stereocenters. The van der Waals surface area contributed by atoms with Gasteiger partial charge in [0.1, 0.15) is 0 Å². The Morgan fingerprint density at radius 2 is 0.968 bits per heavy atom. The highest BCUT2D eigenvalue weighted by molar-refractivity contribution is 6.62. The lowest BCUT2D eigenvalue weighted by atomic mass is 9.76. The van der Waals surface area contributed by atoms with Crippen molar-refractivity contribution in [2.75, 3.05) is 0 Å². The molecule has 0 saturated heterocycles. The summed E-state index contributed by atoms with van der Waals surface area (Å²) in [6, 6.07) is 30.7. The van der Waals surface area contributed by atoms with Crippen LogP contribution < -0.4 is 5.46 Å². The Morgan fingerprint density at radius 1 is 0.484 bits per heavy atom. The molecular formula is C25H18BN3O2. The van der Waals surface area contributed by atoms with E-state index in [9.17, 15) is 10.0 Å². The van der Waals surface area contributed by atoms with E-state index >= 15 is 0 Å². The summed E-state index contributed by atoms with van der Waals surface area (Å²) in [6.45, 7) is 0. The van der Waals surface area contributed by atoms with Crippen LogP contribution in [-0.4, -0.2) is 32.1 Å². The van der Waals surface area contributed by atoms with Gasteiger partial charge in [-0.15, -0.1) is 0 Å². The zero-order valence-electron chi connectivity index (χ0n) is 16.6. The third-order valence-corrected chi connectivity index (χ3v) is 5.18. The first-order chi connectivity index (χ1) is 15.2. The molecule has 4 aromatic carbocycles. The van der Waals surface area contributed by atoms with Crippen molar-refractivity contribution in [2.45, 2.75) is 0 Å². The molecule has 1 aromatic heterocycles. The quantitative estimate of drug-likeness (QED) is 0.448. The van der Waals surface area contributed by atoms with Gasteiger partial charge in [-0.25, -0.2) is 15.0 Å². The van der Waals surface area contributed by atoms with Gasteiger partial charge >= 0.3 is 7.12 Å². The molecule has 5 nitrogen and oxygen atoms in total. The third-order valence-electron chi connectivity index (χ3n) is 5.18. The summed E-state index contributed by atoms with van der Waals surface area (Å²) in [5.41, 5.74) is 3.04. The fourth-order valence-electron chi connectivity index (χ4n) is 3.67. The van der Waals surface area contributed by atoms with Crippen LogP contribution in [0.3, 0.4) is 0 Å². The summed E-state index contributed by atoms with van der Waals surface area (Å²) in [5.74, 6) is 1.70. The molecule has 6 heteroatoms. The van der Waals surface area contributed by atoms with E-state index in [0.717, 1.165) is 27.5 Å². The van der Waals surface area contributed by atoms with Crippen molar-refractivity contribution in [3.05, 3.63) is 97.1 Å². The zero-order chi connectivity index (χ0) is 21.2. The molecule has 5 aromatic rings.